The van der Waals surface area contributed by atoms with Gasteiger partial charge >= 0.3 is 0 Å². The van der Waals surface area contributed by atoms with Crippen LogP contribution in [0.4, 0.5) is 0 Å². The maximum absolute atomic E-state index is 3.84. The Morgan fingerprint density at radius 3 is 2.71 bits per heavy atom. The third-order valence-corrected chi connectivity index (χ3v) is 7.13. The van der Waals surface area contributed by atoms with Crippen molar-refractivity contribution in [3.8, 4) is 0 Å². The summed E-state index contributed by atoms with van der Waals surface area (Å²) in [5.41, 5.74) is 4.44. The van der Waals surface area contributed by atoms with Gasteiger partial charge in [-0.15, -0.1) is 0 Å². The molecule has 1 saturated heterocycles. The van der Waals surface area contributed by atoms with Gasteiger partial charge in [-0.2, -0.15) is 0 Å². The third-order valence-electron chi connectivity index (χ3n) is 6.44. The van der Waals surface area contributed by atoms with Gasteiger partial charge < -0.3 is 10.2 Å². The predicted molar refractivity (Wildman–Crippen MR) is 121 cm³/mol. The third kappa shape index (κ3) is 4.35. The van der Waals surface area contributed by atoms with E-state index in [4.69, 9.17) is 0 Å². The summed E-state index contributed by atoms with van der Waals surface area (Å²) in [6.45, 7) is 8.04. The van der Waals surface area contributed by atoms with E-state index in [0.717, 1.165) is 32.7 Å². The second-order valence-corrected chi connectivity index (χ2v) is 9.32. The lowest BCUT2D eigenvalue weighted by atomic mass is 10.0. The molecule has 0 aromatic heterocycles. The molecular weight excluding hydrogens is 410 g/mol. The SMILES string of the molecule is CC1CC(NCCCN2CCN(C)CC2c2ccccc2)c2cccc(Br)c21. The van der Waals surface area contributed by atoms with Crippen molar-refractivity contribution < 1.29 is 0 Å². The minimum Gasteiger partial charge on any atom is -0.310 e. The maximum Gasteiger partial charge on any atom is 0.0475 e. The highest BCUT2D eigenvalue weighted by Gasteiger charge is 2.30. The number of halogens is 1. The lowest BCUT2D eigenvalue weighted by Crippen LogP contribution is -2.47. The maximum atomic E-state index is 3.84. The van der Waals surface area contributed by atoms with Crippen molar-refractivity contribution in [2.75, 3.05) is 39.8 Å². The molecule has 150 valence electrons. The van der Waals surface area contributed by atoms with Crippen molar-refractivity contribution in [1.29, 1.82) is 0 Å². The number of nitrogens with one attached hydrogen (secondary N) is 1. The Kier molecular flexibility index (Phi) is 6.52. The molecule has 0 amide bonds. The quantitative estimate of drug-likeness (QED) is 0.638. The number of benzene rings is 2. The van der Waals surface area contributed by atoms with E-state index in [1.54, 1.807) is 0 Å². The highest BCUT2D eigenvalue weighted by atomic mass is 79.9. The number of fused-ring (bicyclic) bond motifs is 1. The standard InChI is InChI=1S/C24H32BrN3/c1-18-16-22(20-10-6-11-21(25)24(18)20)26-12-7-13-28-15-14-27(2)17-23(28)19-8-4-3-5-9-19/h3-6,8-11,18,22-23,26H,7,12-17H2,1-2H3. The van der Waals surface area contributed by atoms with Gasteiger partial charge in [-0.3, -0.25) is 4.90 Å². The fourth-order valence-electron chi connectivity index (χ4n) is 4.94. The minimum atomic E-state index is 0.500. The Bertz CT molecular complexity index is 779. The van der Waals surface area contributed by atoms with E-state index in [1.807, 2.05) is 0 Å². The predicted octanol–water partition coefficient (Wildman–Crippen LogP) is 4.97. The van der Waals surface area contributed by atoms with Crippen molar-refractivity contribution in [3.05, 3.63) is 69.7 Å². The van der Waals surface area contributed by atoms with E-state index in [9.17, 15) is 0 Å². The molecule has 2 aromatic rings. The van der Waals surface area contributed by atoms with Crippen LogP contribution in [0, 0.1) is 0 Å². The Morgan fingerprint density at radius 1 is 1.07 bits per heavy atom. The van der Waals surface area contributed by atoms with E-state index >= 15 is 0 Å². The molecule has 1 heterocycles. The van der Waals surface area contributed by atoms with E-state index in [0.29, 0.717) is 18.0 Å². The molecule has 1 aliphatic heterocycles. The number of hydrogen-bond acceptors (Lipinski definition) is 3. The highest BCUT2D eigenvalue weighted by Crippen LogP contribution is 2.43. The highest BCUT2D eigenvalue weighted by molar-refractivity contribution is 9.10. The molecule has 3 nitrogen and oxygen atoms in total. The van der Waals surface area contributed by atoms with Crippen molar-refractivity contribution >= 4 is 15.9 Å². The van der Waals surface area contributed by atoms with Crippen molar-refractivity contribution in [1.82, 2.24) is 15.1 Å². The first-order chi connectivity index (χ1) is 13.6. The van der Waals surface area contributed by atoms with Gasteiger partial charge in [0.05, 0.1) is 0 Å². The summed E-state index contributed by atoms with van der Waals surface area (Å²) in [4.78, 5) is 5.14. The van der Waals surface area contributed by atoms with Gasteiger partial charge in [0, 0.05) is 42.7 Å². The average Bonchev–Trinajstić information content (AvgIpc) is 3.04. The first kappa shape index (κ1) is 20.1. The lowest BCUT2D eigenvalue weighted by Gasteiger charge is -2.40. The van der Waals surface area contributed by atoms with Gasteiger partial charge in [0.2, 0.25) is 0 Å². The molecule has 28 heavy (non-hydrogen) atoms. The molecule has 0 bridgehead atoms. The second-order valence-electron chi connectivity index (χ2n) is 8.46. The van der Waals surface area contributed by atoms with Gasteiger partial charge in [0.15, 0.2) is 0 Å². The summed E-state index contributed by atoms with van der Waals surface area (Å²) >= 11 is 3.74. The number of nitrogens with zero attached hydrogens (tertiary/aromatic N) is 2. The Balaban J connectivity index is 1.32. The number of hydrogen-bond donors (Lipinski definition) is 1. The Hall–Kier alpha value is -1.20. The summed E-state index contributed by atoms with van der Waals surface area (Å²) < 4.78 is 1.27. The summed E-state index contributed by atoms with van der Waals surface area (Å²) in [6, 6.07) is 18.7. The van der Waals surface area contributed by atoms with Crippen LogP contribution in [0.5, 0.6) is 0 Å². The van der Waals surface area contributed by atoms with E-state index < -0.39 is 0 Å². The first-order valence-electron chi connectivity index (χ1n) is 10.6. The fraction of sp³-hybridized carbons (Fsp3) is 0.500. The summed E-state index contributed by atoms with van der Waals surface area (Å²) in [5, 5.41) is 3.84. The summed E-state index contributed by atoms with van der Waals surface area (Å²) in [5.74, 6) is 0.628. The normalized spacial score (nSPS) is 25.8. The molecule has 1 N–H and O–H groups in total. The van der Waals surface area contributed by atoms with Crippen LogP contribution in [0.25, 0.3) is 0 Å². The molecular formula is C24H32BrN3. The zero-order valence-electron chi connectivity index (χ0n) is 17.1. The van der Waals surface area contributed by atoms with Gasteiger partial charge in [0.25, 0.3) is 0 Å². The molecule has 0 spiro atoms. The van der Waals surface area contributed by atoms with Gasteiger partial charge in [-0.1, -0.05) is 65.3 Å². The fourth-order valence-corrected chi connectivity index (χ4v) is 5.72. The van der Waals surface area contributed by atoms with Crippen molar-refractivity contribution in [2.24, 2.45) is 0 Å². The molecule has 0 radical (unpaired) electrons. The lowest BCUT2D eigenvalue weighted by molar-refractivity contribution is 0.0886. The van der Waals surface area contributed by atoms with Gasteiger partial charge in [-0.05, 0) is 55.1 Å². The van der Waals surface area contributed by atoms with Crippen LogP contribution in [0.1, 0.15) is 54.5 Å². The molecule has 4 rings (SSSR count). The number of rotatable bonds is 6. The van der Waals surface area contributed by atoms with Crippen LogP contribution in [0.15, 0.2) is 53.0 Å². The minimum absolute atomic E-state index is 0.500. The molecule has 0 saturated carbocycles. The van der Waals surface area contributed by atoms with Gasteiger partial charge in [-0.25, -0.2) is 0 Å². The Labute approximate surface area is 178 Å². The molecule has 3 atom stereocenters. The number of likely N-dealkylation sites (N-methyl/N-ethyl adjacent to an activating group) is 1. The largest absolute Gasteiger partial charge is 0.310 e. The van der Waals surface area contributed by atoms with Crippen LogP contribution >= 0.6 is 15.9 Å². The van der Waals surface area contributed by atoms with Crippen LogP contribution in [0.2, 0.25) is 0 Å². The van der Waals surface area contributed by atoms with E-state index in [2.05, 4.69) is 93.5 Å². The topological polar surface area (TPSA) is 18.5 Å². The smallest absolute Gasteiger partial charge is 0.0475 e. The summed E-state index contributed by atoms with van der Waals surface area (Å²) in [6.07, 6.45) is 2.40. The molecule has 1 aliphatic carbocycles. The first-order valence-corrected chi connectivity index (χ1v) is 11.4. The molecule has 3 unspecified atom stereocenters. The molecule has 1 fully saturated rings. The van der Waals surface area contributed by atoms with E-state index in [-0.39, 0.29) is 0 Å². The van der Waals surface area contributed by atoms with Crippen LogP contribution < -0.4 is 5.32 Å². The summed E-state index contributed by atoms with van der Waals surface area (Å²) in [7, 11) is 2.24. The van der Waals surface area contributed by atoms with Crippen molar-refractivity contribution in [2.45, 2.75) is 37.8 Å². The number of piperazine rings is 1. The van der Waals surface area contributed by atoms with E-state index in [1.165, 1.54) is 34.0 Å². The van der Waals surface area contributed by atoms with Crippen molar-refractivity contribution in [3.63, 3.8) is 0 Å². The zero-order valence-corrected chi connectivity index (χ0v) is 18.7. The Morgan fingerprint density at radius 2 is 1.89 bits per heavy atom. The average molecular weight is 442 g/mol. The zero-order chi connectivity index (χ0) is 19.5. The molecule has 2 aliphatic rings. The second kappa shape index (κ2) is 9.08. The van der Waals surface area contributed by atoms with Crippen LogP contribution in [-0.4, -0.2) is 49.6 Å². The van der Waals surface area contributed by atoms with Crippen LogP contribution in [-0.2, 0) is 0 Å². The van der Waals surface area contributed by atoms with Gasteiger partial charge in [0.1, 0.15) is 0 Å². The molecule has 4 heteroatoms. The molecule has 2 aromatic carbocycles. The monoisotopic (exact) mass is 441 g/mol. The van der Waals surface area contributed by atoms with Crippen LogP contribution in [0.3, 0.4) is 0 Å².